The predicted octanol–water partition coefficient (Wildman–Crippen LogP) is 1.70. The Kier molecular flexibility index (Phi) is 3.50. The van der Waals surface area contributed by atoms with Crippen molar-refractivity contribution in [1.82, 2.24) is 9.97 Å². The first-order valence-electron chi connectivity index (χ1n) is 3.41. The number of halogens is 2. The molecule has 0 bridgehead atoms. The van der Waals surface area contributed by atoms with E-state index in [1.165, 1.54) is 6.33 Å². The van der Waals surface area contributed by atoms with Crippen molar-refractivity contribution in [3.63, 3.8) is 0 Å². The summed E-state index contributed by atoms with van der Waals surface area (Å²) in [6, 6.07) is 0. The van der Waals surface area contributed by atoms with Crippen LogP contribution in [0, 0.1) is 0 Å². The Balaban J connectivity index is 2.83. The van der Waals surface area contributed by atoms with Gasteiger partial charge in [0.25, 0.3) is 5.56 Å². The fraction of sp³-hybridized carbons (Fsp3) is 0.143. The fourth-order valence-corrected chi connectivity index (χ4v) is 1.11. The first-order valence-corrected chi connectivity index (χ1v) is 4.58. The van der Waals surface area contributed by atoms with Gasteiger partial charge in [0.15, 0.2) is 0 Å². The molecule has 1 aromatic rings. The monoisotopic (exact) mass is 263 g/mol. The molecule has 0 aliphatic carbocycles. The summed E-state index contributed by atoms with van der Waals surface area (Å²) in [5, 5.41) is 3.30. The van der Waals surface area contributed by atoms with Crippen molar-refractivity contribution in [2.24, 2.45) is 0 Å². The highest BCUT2D eigenvalue weighted by Gasteiger charge is 2.03. The molecule has 0 radical (unpaired) electrons. The molecule has 1 heterocycles. The van der Waals surface area contributed by atoms with Crippen LogP contribution in [-0.4, -0.2) is 16.5 Å². The van der Waals surface area contributed by atoms with Crippen molar-refractivity contribution in [2.75, 3.05) is 11.9 Å². The Morgan fingerprint density at radius 3 is 3.15 bits per heavy atom. The molecule has 0 aliphatic heterocycles. The van der Waals surface area contributed by atoms with Crippen LogP contribution in [0.3, 0.4) is 0 Å². The summed E-state index contributed by atoms with van der Waals surface area (Å²) in [6.45, 7) is 3.87. The molecule has 0 atom stereocenters. The molecule has 0 saturated heterocycles. The van der Waals surface area contributed by atoms with Gasteiger partial charge in [0, 0.05) is 5.03 Å². The van der Waals surface area contributed by atoms with Crippen LogP contribution in [-0.2, 0) is 0 Å². The molecule has 0 saturated carbocycles. The summed E-state index contributed by atoms with van der Waals surface area (Å²) in [4.78, 5) is 17.4. The van der Waals surface area contributed by atoms with Gasteiger partial charge in [-0.25, -0.2) is 4.98 Å². The number of rotatable bonds is 3. The molecule has 4 nitrogen and oxygen atoms in total. The largest absolute Gasteiger partial charge is 0.364 e. The van der Waals surface area contributed by atoms with Gasteiger partial charge in [-0.3, -0.25) is 4.79 Å². The van der Waals surface area contributed by atoms with Crippen LogP contribution in [0.4, 0.5) is 5.82 Å². The zero-order chi connectivity index (χ0) is 9.84. The number of anilines is 1. The lowest BCUT2D eigenvalue weighted by Crippen LogP contribution is -2.12. The maximum absolute atomic E-state index is 11.0. The van der Waals surface area contributed by atoms with E-state index in [1.54, 1.807) is 0 Å². The Morgan fingerprint density at radius 2 is 2.54 bits per heavy atom. The summed E-state index contributed by atoms with van der Waals surface area (Å²) >= 11 is 8.62. The second-order valence-electron chi connectivity index (χ2n) is 2.27. The maximum Gasteiger partial charge on any atom is 0.267 e. The van der Waals surface area contributed by atoms with E-state index in [4.69, 9.17) is 11.6 Å². The van der Waals surface area contributed by atoms with Crippen molar-refractivity contribution < 1.29 is 0 Å². The minimum atomic E-state index is -0.238. The van der Waals surface area contributed by atoms with Crippen molar-refractivity contribution in [2.45, 2.75) is 0 Å². The summed E-state index contributed by atoms with van der Waals surface area (Å²) < 4.78 is 0.355. The molecule has 1 aromatic heterocycles. The van der Waals surface area contributed by atoms with Gasteiger partial charge in [-0.1, -0.05) is 18.2 Å². The summed E-state index contributed by atoms with van der Waals surface area (Å²) in [5.74, 6) is 0.450. The van der Waals surface area contributed by atoms with Crippen molar-refractivity contribution in [1.29, 1.82) is 0 Å². The second-order valence-corrected chi connectivity index (χ2v) is 3.59. The van der Waals surface area contributed by atoms with Crippen LogP contribution in [0.15, 0.2) is 27.2 Å². The summed E-state index contributed by atoms with van der Waals surface area (Å²) in [7, 11) is 0. The molecule has 2 N–H and O–H groups in total. The van der Waals surface area contributed by atoms with Crippen LogP contribution >= 0.6 is 27.5 Å². The van der Waals surface area contributed by atoms with Crippen LogP contribution in [0.2, 0.25) is 0 Å². The molecule has 0 unspecified atom stereocenters. The zero-order valence-corrected chi connectivity index (χ0v) is 8.94. The maximum atomic E-state index is 11.0. The Bertz CT molecular complexity index is 376. The average Bonchev–Trinajstić information content (AvgIpc) is 2.07. The van der Waals surface area contributed by atoms with E-state index < -0.39 is 0 Å². The SMILES string of the molecule is C=C(Cl)CNc1nc[nH]c(=O)c1Br. The molecule has 0 aliphatic rings. The quantitative estimate of drug-likeness (QED) is 0.873. The number of nitrogens with one attached hydrogen (secondary N) is 2. The number of hydrogen-bond acceptors (Lipinski definition) is 3. The fourth-order valence-electron chi connectivity index (χ4n) is 0.686. The molecular formula is C7H7BrClN3O. The third-order valence-corrected chi connectivity index (χ3v) is 2.11. The third-order valence-electron chi connectivity index (χ3n) is 1.24. The molecule has 0 aromatic carbocycles. The van der Waals surface area contributed by atoms with Crippen LogP contribution in [0.5, 0.6) is 0 Å². The van der Waals surface area contributed by atoms with Gasteiger partial charge < -0.3 is 10.3 Å². The third kappa shape index (κ3) is 2.86. The van der Waals surface area contributed by atoms with Crippen molar-refractivity contribution in [3.05, 3.63) is 32.8 Å². The normalized spacial score (nSPS) is 9.69. The molecule has 0 amide bonds. The predicted molar refractivity (Wildman–Crippen MR) is 56.0 cm³/mol. The number of hydrogen-bond donors (Lipinski definition) is 2. The molecule has 13 heavy (non-hydrogen) atoms. The summed E-state index contributed by atoms with van der Waals surface area (Å²) in [6.07, 6.45) is 1.31. The molecular weight excluding hydrogens is 257 g/mol. The van der Waals surface area contributed by atoms with Gasteiger partial charge in [-0.15, -0.1) is 0 Å². The lowest BCUT2D eigenvalue weighted by molar-refractivity contribution is 1.08. The lowest BCUT2D eigenvalue weighted by Gasteiger charge is -2.04. The minimum Gasteiger partial charge on any atom is -0.364 e. The van der Waals surface area contributed by atoms with E-state index in [0.717, 1.165) is 0 Å². The number of aromatic nitrogens is 2. The average molecular weight is 265 g/mol. The lowest BCUT2D eigenvalue weighted by atomic mass is 10.5. The van der Waals surface area contributed by atoms with Gasteiger partial charge in [0.05, 0.1) is 12.9 Å². The van der Waals surface area contributed by atoms with Crippen LogP contribution in [0.25, 0.3) is 0 Å². The molecule has 1 rings (SSSR count). The van der Waals surface area contributed by atoms with Gasteiger partial charge in [-0.2, -0.15) is 0 Å². The van der Waals surface area contributed by atoms with E-state index in [0.29, 0.717) is 21.9 Å². The number of aromatic amines is 1. The Morgan fingerprint density at radius 1 is 1.85 bits per heavy atom. The van der Waals surface area contributed by atoms with E-state index in [1.807, 2.05) is 0 Å². The number of nitrogens with zero attached hydrogens (tertiary/aromatic N) is 1. The van der Waals surface area contributed by atoms with Crippen molar-refractivity contribution >= 4 is 33.3 Å². The van der Waals surface area contributed by atoms with Gasteiger partial charge in [0.1, 0.15) is 10.3 Å². The Labute approximate surface area is 88.2 Å². The standard InChI is InChI=1S/C7H7BrClN3O/c1-4(9)2-10-6-5(8)7(13)12-3-11-6/h3H,1-2H2,(H2,10,11,12,13). The van der Waals surface area contributed by atoms with Gasteiger partial charge >= 0.3 is 0 Å². The first-order chi connectivity index (χ1) is 6.11. The minimum absolute atomic E-state index is 0.238. The summed E-state index contributed by atoms with van der Waals surface area (Å²) in [5.41, 5.74) is -0.238. The smallest absolute Gasteiger partial charge is 0.267 e. The van der Waals surface area contributed by atoms with E-state index >= 15 is 0 Å². The second kappa shape index (κ2) is 4.43. The molecule has 0 fully saturated rings. The molecule has 0 spiro atoms. The van der Waals surface area contributed by atoms with E-state index in [2.05, 4.69) is 37.8 Å². The van der Waals surface area contributed by atoms with E-state index in [9.17, 15) is 4.79 Å². The molecule has 6 heteroatoms. The van der Waals surface area contributed by atoms with Gasteiger partial charge in [-0.05, 0) is 15.9 Å². The Hall–Kier alpha value is -0.810. The van der Waals surface area contributed by atoms with Crippen LogP contribution < -0.4 is 10.9 Å². The highest BCUT2D eigenvalue weighted by molar-refractivity contribution is 9.10. The first kappa shape index (κ1) is 10.3. The van der Waals surface area contributed by atoms with Crippen LogP contribution in [0.1, 0.15) is 0 Å². The van der Waals surface area contributed by atoms with Gasteiger partial charge in [0.2, 0.25) is 0 Å². The zero-order valence-electron chi connectivity index (χ0n) is 6.60. The molecule has 70 valence electrons. The highest BCUT2D eigenvalue weighted by atomic mass is 79.9. The highest BCUT2D eigenvalue weighted by Crippen LogP contribution is 2.13. The van der Waals surface area contributed by atoms with E-state index in [-0.39, 0.29) is 5.56 Å². The topological polar surface area (TPSA) is 57.8 Å². The number of H-pyrrole nitrogens is 1. The van der Waals surface area contributed by atoms with Crippen molar-refractivity contribution in [3.8, 4) is 0 Å².